The molecule has 2 aromatic carbocycles. The van der Waals surface area contributed by atoms with Crippen LogP contribution >= 0.6 is 7.75 Å². The lowest BCUT2D eigenvalue weighted by Crippen LogP contribution is -2.57. The molecule has 5 atom stereocenters. The van der Waals surface area contributed by atoms with E-state index in [4.69, 9.17) is 24.3 Å². The highest BCUT2D eigenvalue weighted by Gasteiger charge is 2.56. The molecule has 44 heavy (non-hydrogen) atoms. The van der Waals surface area contributed by atoms with Crippen LogP contribution in [-0.4, -0.2) is 72.3 Å². The van der Waals surface area contributed by atoms with E-state index in [2.05, 4.69) is 20.2 Å². The smallest absolute Gasteiger partial charge is 0.459 e. The fourth-order valence-corrected chi connectivity index (χ4v) is 7.36. The Morgan fingerprint density at radius 3 is 2.75 bits per heavy atom. The molecule has 0 amide bonds. The molecule has 2 fully saturated rings. The van der Waals surface area contributed by atoms with Crippen LogP contribution in [0.4, 0.5) is 5.95 Å². The molecular formula is C28H33N6O9P. The Balaban J connectivity index is 1.30. The van der Waals surface area contributed by atoms with Crippen molar-refractivity contribution in [2.24, 2.45) is 0 Å². The average molecular weight is 629 g/mol. The van der Waals surface area contributed by atoms with Crippen molar-refractivity contribution in [1.29, 1.82) is 0 Å². The number of nitrogen functional groups attached to an aromatic ring is 1. The summed E-state index contributed by atoms with van der Waals surface area (Å²) in [4.78, 5) is 31.6. The number of H-pyrrole nitrogens is 1. The Morgan fingerprint density at radius 1 is 1.27 bits per heavy atom. The molecule has 1 aliphatic heterocycles. The molecule has 1 saturated carbocycles. The zero-order valence-corrected chi connectivity index (χ0v) is 24.9. The first-order valence-electron chi connectivity index (χ1n) is 14.1. The van der Waals surface area contributed by atoms with Crippen molar-refractivity contribution in [3.8, 4) is 5.75 Å². The van der Waals surface area contributed by atoms with Crippen molar-refractivity contribution < 1.29 is 38.1 Å². The summed E-state index contributed by atoms with van der Waals surface area (Å²) in [5.74, 6) is -0.523. The number of aromatic amines is 1. The van der Waals surface area contributed by atoms with Crippen LogP contribution in [0.25, 0.3) is 16.4 Å². The maximum absolute atomic E-state index is 14.5. The van der Waals surface area contributed by atoms with Gasteiger partial charge in [-0.1, -0.05) is 36.4 Å². The minimum absolute atomic E-state index is 0.0928. The molecule has 1 saturated heterocycles. The summed E-state index contributed by atoms with van der Waals surface area (Å²) in [5.41, 5.74) is 1.93. The second-order valence-electron chi connectivity index (χ2n) is 11.1. The average Bonchev–Trinajstić information content (AvgIpc) is 3.47. The second kappa shape index (κ2) is 11.3. The van der Waals surface area contributed by atoms with Crippen molar-refractivity contribution in [3.05, 3.63) is 64.7 Å². The van der Waals surface area contributed by atoms with Gasteiger partial charge in [-0.15, -0.1) is 5.10 Å². The van der Waals surface area contributed by atoms with Gasteiger partial charge in [0.1, 0.15) is 35.2 Å². The number of imidazole rings is 1. The summed E-state index contributed by atoms with van der Waals surface area (Å²) >= 11 is 0. The Hall–Kier alpha value is -3.85. The summed E-state index contributed by atoms with van der Waals surface area (Å²) in [7, 11) is -4.38. The lowest BCUT2D eigenvalue weighted by Gasteiger charge is -2.41. The van der Waals surface area contributed by atoms with Gasteiger partial charge in [0.05, 0.1) is 25.1 Å². The third-order valence-corrected chi connectivity index (χ3v) is 9.71. The quantitative estimate of drug-likeness (QED) is 0.126. The van der Waals surface area contributed by atoms with Gasteiger partial charge in [0.15, 0.2) is 0 Å². The first-order chi connectivity index (χ1) is 21.0. The van der Waals surface area contributed by atoms with Crippen molar-refractivity contribution in [2.75, 3.05) is 18.9 Å². The molecule has 2 aromatic heterocycles. The van der Waals surface area contributed by atoms with Crippen molar-refractivity contribution in [1.82, 2.24) is 24.7 Å². The molecule has 0 radical (unpaired) electrons. The van der Waals surface area contributed by atoms with E-state index in [0.29, 0.717) is 24.6 Å². The number of hydrogen-bond donors (Lipinski definition) is 5. The number of nitrogens with zero attached hydrogens (tertiary/aromatic N) is 3. The second-order valence-corrected chi connectivity index (χ2v) is 12.8. The van der Waals surface area contributed by atoms with Crippen LogP contribution < -0.4 is 20.9 Å². The number of benzene rings is 2. The van der Waals surface area contributed by atoms with E-state index in [9.17, 15) is 24.4 Å². The van der Waals surface area contributed by atoms with Gasteiger partial charge in [-0.25, -0.2) is 14.1 Å². The number of ether oxygens (including phenoxy) is 2. The fraction of sp³-hybridized carbons (Fsp3) is 0.429. The van der Waals surface area contributed by atoms with Crippen molar-refractivity contribution in [3.63, 3.8) is 0 Å². The van der Waals surface area contributed by atoms with Gasteiger partial charge in [-0.3, -0.25) is 19.1 Å². The summed E-state index contributed by atoms with van der Waals surface area (Å²) in [6.07, 6.45) is -1.35. The summed E-state index contributed by atoms with van der Waals surface area (Å²) in [6, 6.07) is 12.6. The standard InChI is InChI=1S/C28H33N6O9P/c1-3-40-25(37)28(12-7-13-28)33-44(39,43-19-11-6-9-16-8-4-5-10-17(16)19)41-15-20-21(35)27(2,38)22(42-20)18-14-30-23-24(36)31-26(29)32-34(18)23/h4-6,8-11,14,20-22,35,38H,3,7,12-13,15H2,1-2H3,(H,33,39)(H3,29,31,32,36)/t20-,21-,22+,27-,44?/m1/s1. The Morgan fingerprint density at radius 2 is 2.02 bits per heavy atom. The number of aromatic nitrogens is 4. The molecule has 0 bridgehead atoms. The Kier molecular flexibility index (Phi) is 7.72. The van der Waals surface area contributed by atoms with E-state index < -0.39 is 55.3 Å². The van der Waals surface area contributed by atoms with Crippen LogP contribution in [-0.2, 0) is 23.4 Å². The molecule has 6 rings (SSSR count). The summed E-state index contributed by atoms with van der Waals surface area (Å²) in [5, 5.41) is 30.8. The van der Waals surface area contributed by atoms with Gasteiger partial charge >= 0.3 is 13.7 Å². The van der Waals surface area contributed by atoms with Crippen molar-refractivity contribution >= 4 is 36.1 Å². The third kappa shape index (κ3) is 5.25. The van der Waals surface area contributed by atoms with Gasteiger partial charge < -0.3 is 29.9 Å². The number of fused-ring (bicyclic) bond motifs is 2. The van der Waals surface area contributed by atoms with E-state index in [1.165, 1.54) is 13.1 Å². The first kappa shape index (κ1) is 30.2. The fourth-order valence-electron chi connectivity index (χ4n) is 5.60. The van der Waals surface area contributed by atoms with Gasteiger partial charge in [0.25, 0.3) is 5.56 Å². The monoisotopic (exact) mass is 628 g/mol. The van der Waals surface area contributed by atoms with Gasteiger partial charge in [-0.2, -0.15) is 5.09 Å². The van der Waals surface area contributed by atoms with E-state index >= 15 is 0 Å². The highest BCUT2D eigenvalue weighted by molar-refractivity contribution is 7.52. The largest absolute Gasteiger partial charge is 0.465 e. The van der Waals surface area contributed by atoms with Crippen LogP contribution in [0.1, 0.15) is 44.9 Å². The zero-order chi connectivity index (χ0) is 31.3. The normalized spacial score (nSPS) is 25.9. The minimum Gasteiger partial charge on any atom is -0.465 e. The molecule has 3 heterocycles. The molecule has 234 valence electrons. The number of aliphatic hydroxyl groups excluding tert-OH is 1. The summed E-state index contributed by atoms with van der Waals surface area (Å²) < 4.78 is 38.8. The molecule has 1 unspecified atom stereocenters. The highest BCUT2D eigenvalue weighted by atomic mass is 31.2. The molecule has 15 nitrogen and oxygen atoms in total. The van der Waals surface area contributed by atoms with Gasteiger partial charge in [0.2, 0.25) is 11.6 Å². The predicted octanol–water partition coefficient (Wildman–Crippen LogP) is 1.98. The number of nitrogens with one attached hydrogen (secondary N) is 2. The first-order valence-corrected chi connectivity index (χ1v) is 15.7. The van der Waals surface area contributed by atoms with E-state index in [1.54, 1.807) is 25.1 Å². The van der Waals surface area contributed by atoms with Crippen LogP contribution in [0.15, 0.2) is 53.5 Å². The Bertz CT molecular complexity index is 1810. The number of esters is 1. The number of carbonyl (C=O) groups is 1. The van der Waals surface area contributed by atoms with Crippen LogP contribution in [0.3, 0.4) is 0 Å². The highest BCUT2D eigenvalue weighted by Crippen LogP contribution is 2.52. The maximum atomic E-state index is 14.5. The molecule has 1 aliphatic carbocycles. The van der Waals surface area contributed by atoms with Gasteiger partial charge in [0, 0.05) is 5.39 Å². The van der Waals surface area contributed by atoms with Crippen LogP contribution in [0.5, 0.6) is 5.75 Å². The molecule has 0 spiro atoms. The molecule has 16 heteroatoms. The SMILES string of the molecule is CCOC(=O)C1(NP(=O)(OC[C@H]2O[C@@H](c3cnc4c(=O)[nH]c(N)nn34)[C@](C)(O)[C@@H]2O)Oc2cccc3ccccc23)CCC1. The number of carbonyl (C=O) groups excluding carboxylic acids is 1. The van der Waals surface area contributed by atoms with Crippen LogP contribution in [0, 0.1) is 0 Å². The number of aliphatic hydroxyl groups is 2. The minimum atomic E-state index is -4.38. The number of nitrogens with two attached hydrogens (primary N) is 1. The molecular weight excluding hydrogens is 595 g/mol. The predicted molar refractivity (Wildman–Crippen MR) is 157 cm³/mol. The van der Waals surface area contributed by atoms with Crippen molar-refractivity contribution in [2.45, 2.75) is 62.6 Å². The van der Waals surface area contributed by atoms with Gasteiger partial charge in [-0.05, 0) is 44.6 Å². The molecule has 2 aliphatic rings. The molecule has 6 N–H and O–H groups in total. The lowest BCUT2D eigenvalue weighted by molar-refractivity contribution is -0.154. The van der Waals surface area contributed by atoms with E-state index in [1.807, 2.05) is 24.3 Å². The lowest BCUT2D eigenvalue weighted by atomic mass is 9.78. The summed E-state index contributed by atoms with van der Waals surface area (Å²) in [6.45, 7) is 2.63. The Labute approximate surface area is 250 Å². The zero-order valence-electron chi connectivity index (χ0n) is 24.0. The number of anilines is 1. The van der Waals surface area contributed by atoms with E-state index in [0.717, 1.165) is 9.90 Å². The van der Waals surface area contributed by atoms with Crippen LogP contribution in [0.2, 0.25) is 0 Å². The molecule has 4 aromatic rings. The number of rotatable bonds is 10. The third-order valence-electron chi connectivity index (χ3n) is 8.08. The number of hydrogen-bond acceptors (Lipinski definition) is 12. The van der Waals surface area contributed by atoms with E-state index in [-0.39, 0.29) is 29.6 Å². The topological polar surface area (TPSA) is 213 Å². The maximum Gasteiger partial charge on any atom is 0.459 e.